The van der Waals surface area contributed by atoms with Crippen LogP contribution in [-0.4, -0.2) is 24.0 Å². The SMILES string of the molecule is CC(N)C1CCN(Cc2ccccc2C(F)(F)F)C1.Cl. The lowest BCUT2D eigenvalue weighted by Crippen LogP contribution is -2.30. The molecule has 0 radical (unpaired) electrons. The van der Waals surface area contributed by atoms with E-state index in [0.29, 0.717) is 18.0 Å². The third-order valence-corrected chi connectivity index (χ3v) is 3.77. The molecule has 0 aliphatic carbocycles. The molecule has 0 bridgehead atoms. The Kier molecular flexibility index (Phi) is 5.86. The number of likely N-dealkylation sites (tertiary alicyclic amines) is 1. The van der Waals surface area contributed by atoms with Crippen LogP contribution in [-0.2, 0) is 12.7 Å². The van der Waals surface area contributed by atoms with Crippen LogP contribution in [0.5, 0.6) is 0 Å². The average Bonchev–Trinajstić information content (AvgIpc) is 2.77. The van der Waals surface area contributed by atoms with Crippen molar-refractivity contribution in [3.8, 4) is 0 Å². The van der Waals surface area contributed by atoms with Crippen LogP contribution in [0.3, 0.4) is 0 Å². The molecule has 2 unspecified atom stereocenters. The molecule has 1 heterocycles. The fourth-order valence-corrected chi connectivity index (χ4v) is 2.61. The summed E-state index contributed by atoms with van der Waals surface area (Å²) >= 11 is 0. The average molecular weight is 309 g/mol. The Hall–Kier alpha value is -0.780. The van der Waals surface area contributed by atoms with Gasteiger partial charge in [-0.15, -0.1) is 12.4 Å². The maximum absolute atomic E-state index is 12.9. The van der Waals surface area contributed by atoms with Crippen LogP contribution < -0.4 is 5.73 Å². The molecule has 6 heteroatoms. The first kappa shape index (κ1) is 17.3. The first-order chi connectivity index (χ1) is 8.88. The van der Waals surface area contributed by atoms with Gasteiger partial charge in [0.1, 0.15) is 0 Å². The summed E-state index contributed by atoms with van der Waals surface area (Å²) in [5, 5.41) is 0. The molecule has 2 N–H and O–H groups in total. The van der Waals surface area contributed by atoms with E-state index in [1.807, 2.05) is 6.92 Å². The summed E-state index contributed by atoms with van der Waals surface area (Å²) in [6.07, 6.45) is -3.32. The lowest BCUT2D eigenvalue weighted by Gasteiger charge is -2.20. The predicted molar refractivity (Wildman–Crippen MR) is 75.7 cm³/mol. The highest BCUT2D eigenvalue weighted by molar-refractivity contribution is 5.85. The summed E-state index contributed by atoms with van der Waals surface area (Å²) in [6, 6.07) is 5.89. The highest BCUT2D eigenvalue weighted by Crippen LogP contribution is 2.33. The minimum atomic E-state index is -4.28. The molecule has 0 spiro atoms. The lowest BCUT2D eigenvalue weighted by atomic mass is 10.0. The van der Waals surface area contributed by atoms with Gasteiger partial charge in [0.2, 0.25) is 0 Å². The molecule has 2 atom stereocenters. The van der Waals surface area contributed by atoms with E-state index in [1.54, 1.807) is 12.1 Å². The van der Waals surface area contributed by atoms with Gasteiger partial charge in [0.15, 0.2) is 0 Å². The van der Waals surface area contributed by atoms with Crippen molar-refractivity contribution in [1.82, 2.24) is 4.90 Å². The molecule has 1 aliphatic heterocycles. The van der Waals surface area contributed by atoms with Crippen LogP contribution in [0.25, 0.3) is 0 Å². The summed E-state index contributed by atoms with van der Waals surface area (Å²) in [7, 11) is 0. The summed E-state index contributed by atoms with van der Waals surface area (Å²) in [5.41, 5.74) is 5.66. The fraction of sp³-hybridized carbons (Fsp3) is 0.571. The molecular formula is C14H20ClF3N2. The van der Waals surface area contributed by atoms with E-state index in [2.05, 4.69) is 4.90 Å². The van der Waals surface area contributed by atoms with E-state index in [9.17, 15) is 13.2 Å². The van der Waals surface area contributed by atoms with Crippen LogP contribution in [0.15, 0.2) is 24.3 Å². The van der Waals surface area contributed by atoms with Crippen molar-refractivity contribution >= 4 is 12.4 Å². The van der Waals surface area contributed by atoms with Gasteiger partial charge in [0.25, 0.3) is 0 Å². The van der Waals surface area contributed by atoms with Crippen LogP contribution >= 0.6 is 12.4 Å². The van der Waals surface area contributed by atoms with Crippen LogP contribution in [0.4, 0.5) is 13.2 Å². The highest BCUT2D eigenvalue weighted by Gasteiger charge is 2.34. The maximum Gasteiger partial charge on any atom is 0.416 e. The van der Waals surface area contributed by atoms with Crippen molar-refractivity contribution in [2.45, 2.75) is 32.1 Å². The number of rotatable bonds is 3. The van der Waals surface area contributed by atoms with Gasteiger partial charge in [0, 0.05) is 19.1 Å². The van der Waals surface area contributed by atoms with Crippen molar-refractivity contribution < 1.29 is 13.2 Å². The molecule has 1 aromatic carbocycles. The van der Waals surface area contributed by atoms with Gasteiger partial charge in [-0.05, 0) is 37.4 Å². The molecule has 1 aliphatic rings. The summed E-state index contributed by atoms with van der Waals surface area (Å²) in [4.78, 5) is 2.05. The van der Waals surface area contributed by atoms with E-state index >= 15 is 0 Å². The quantitative estimate of drug-likeness (QED) is 0.928. The van der Waals surface area contributed by atoms with Gasteiger partial charge in [-0.3, -0.25) is 4.90 Å². The lowest BCUT2D eigenvalue weighted by molar-refractivity contribution is -0.138. The highest BCUT2D eigenvalue weighted by atomic mass is 35.5. The number of benzene rings is 1. The van der Waals surface area contributed by atoms with Crippen LogP contribution in [0.2, 0.25) is 0 Å². The third-order valence-electron chi connectivity index (χ3n) is 3.77. The van der Waals surface area contributed by atoms with E-state index < -0.39 is 11.7 Å². The largest absolute Gasteiger partial charge is 0.416 e. The summed E-state index contributed by atoms with van der Waals surface area (Å²) < 4.78 is 38.7. The zero-order chi connectivity index (χ0) is 14.0. The Balaban J connectivity index is 0.00000200. The van der Waals surface area contributed by atoms with E-state index in [0.717, 1.165) is 25.6 Å². The minimum absolute atomic E-state index is 0. The van der Waals surface area contributed by atoms with Gasteiger partial charge in [0.05, 0.1) is 5.56 Å². The second-order valence-corrected chi connectivity index (χ2v) is 5.30. The zero-order valence-electron chi connectivity index (χ0n) is 11.4. The fourth-order valence-electron chi connectivity index (χ4n) is 2.61. The molecule has 1 aromatic rings. The smallest absolute Gasteiger partial charge is 0.328 e. The molecule has 1 saturated heterocycles. The topological polar surface area (TPSA) is 29.3 Å². The number of hydrogen-bond donors (Lipinski definition) is 1. The van der Waals surface area contributed by atoms with E-state index in [1.165, 1.54) is 6.07 Å². The molecular weight excluding hydrogens is 289 g/mol. The number of halogens is 4. The summed E-state index contributed by atoms with van der Waals surface area (Å²) in [6.45, 7) is 3.90. The zero-order valence-corrected chi connectivity index (χ0v) is 12.2. The Bertz CT molecular complexity index is 435. The van der Waals surface area contributed by atoms with Gasteiger partial charge in [-0.1, -0.05) is 18.2 Å². The number of alkyl halides is 3. The normalized spacial score (nSPS) is 21.6. The number of nitrogens with two attached hydrogens (primary N) is 1. The Labute approximate surface area is 123 Å². The van der Waals surface area contributed by atoms with Crippen molar-refractivity contribution in [3.63, 3.8) is 0 Å². The molecule has 2 rings (SSSR count). The second-order valence-electron chi connectivity index (χ2n) is 5.30. The number of nitrogens with zero attached hydrogens (tertiary/aromatic N) is 1. The summed E-state index contributed by atoms with van der Waals surface area (Å²) in [5.74, 6) is 0.387. The van der Waals surface area contributed by atoms with E-state index in [-0.39, 0.29) is 18.4 Å². The van der Waals surface area contributed by atoms with Gasteiger partial charge >= 0.3 is 6.18 Å². The molecule has 0 saturated carbocycles. The molecule has 2 nitrogen and oxygen atoms in total. The van der Waals surface area contributed by atoms with Crippen LogP contribution in [0, 0.1) is 5.92 Å². The first-order valence-electron chi connectivity index (χ1n) is 6.51. The minimum Gasteiger partial charge on any atom is -0.328 e. The molecule has 1 fully saturated rings. The van der Waals surface area contributed by atoms with Gasteiger partial charge in [-0.2, -0.15) is 13.2 Å². The van der Waals surface area contributed by atoms with Crippen molar-refractivity contribution in [1.29, 1.82) is 0 Å². The monoisotopic (exact) mass is 308 g/mol. The standard InChI is InChI=1S/C14H19F3N2.ClH/c1-10(18)11-6-7-19(8-11)9-12-4-2-3-5-13(12)14(15,16)17;/h2-5,10-11H,6-9,18H2,1H3;1H. The molecule has 20 heavy (non-hydrogen) atoms. The Morgan fingerprint density at radius 3 is 2.55 bits per heavy atom. The predicted octanol–water partition coefficient (Wildman–Crippen LogP) is 3.30. The molecule has 0 aromatic heterocycles. The third kappa shape index (κ3) is 4.11. The van der Waals surface area contributed by atoms with Crippen molar-refractivity contribution in [2.75, 3.05) is 13.1 Å². The van der Waals surface area contributed by atoms with Crippen molar-refractivity contribution in [3.05, 3.63) is 35.4 Å². The van der Waals surface area contributed by atoms with E-state index in [4.69, 9.17) is 5.73 Å². The first-order valence-corrected chi connectivity index (χ1v) is 6.51. The second kappa shape index (κ2) is 6.78. The van der Waals surface area contributed by atoms with Crippen molar-refractivity contribution in [2.24, 2.45) is 11.7 Å². The van der Waals surface area contributed by atoms with Gasteiger partial charge in [-0.25, -0.2) is 0 Å². The molecule has 0 amide bonds. The van der Waals surface area contributed by atoms with Crippen LogP contribution in [0.1, 0.15) is 24.5 Å². The Morgan fingerprint density at radius 1 is 1.35 bits per heavy atom. The Morgan fingerprint density at radius 2 is 2.00 bits per heavy atom. The number of hydrogen-bond acceptors (Lipinski definition) is 2. The van der Waals surface area contributed by atoms with Gasteiger partial charge < -0.3 is 5.73 Å². The maximum atomic E-state index is 12.9. The molecule has 114 valence electrons.